The summed E-state index contributed by atoms with van der Waals surface area (Å²) < 4.78 is 0. The smallest absolute Gasteiger partial charge is 0.0363 e. The average Bonchev–Trinajstić information content (AvgIpc) is 2.90. The summed E-state index contributed by atoms with van der Waals surface area (Å²) in [4.78, 5) is 2.74. The Bertz CT molecular complexity index is 240. The lowest BCUT2D eigenvalue weighted by Crippen LogP contribution is -2.59. The summed E-state index contributed by atoms with van der Waals surface area (Å²) in [5.41, 5.74) is 6.56. The monoisotopic (exact) mass is 226 g/mol. The molecular weight excluding hydrogens is 204 g/mol. The summed E-state index contributed by atoms with van der Waals surface area (Å²) in [6.45, 7) is 3.47. The van der Waals surface area contributed by atoms with Crippen molar-refractivity contribution in [1.29, 1.82) is 0 Å². The average molecular weight is 226 g/mol. The van der Waals surface area contributed by atoms with Crippen LogP contribution in [0, 0.1) is 11.8 Å². The molecule has 86 valence electrons. The van der Waals surface area contributed by atoms with Crippen LogP contribution < -0.4 is 5.73 Å². The van der Waals surface area contributed by atoms with Crippen LogP contribution in [-0.2, 0) is 0 Å². The van der Waals surface area contributed by atoms with Crippen molar-refractivity contribution in [3.05, 3.63) is 0 Å². The van der Waals surface area contributed by atoms with Gasteiger partial charge in [-0.05, 0) is 31.1 Å². The second kappa shape index (κ2) is 3.94. The van der Waals surface area contributed by atoms with Crippen LogP contribution in [0.4, 0.5) is 0 Å². The van der Waals surface area contributed by atoms with Crippen molar-refractivity contribution < 1.29 is 0 Å². The Morgan fingerprint density at radius 3 is 2.60 bits per heavy atom. The van der Waals surface area contributed by atoms with Crippen molar-refractivity contribution in [2.75, 3.05) is 31.1 Å². The van der Waals surface area contributed by atoms with Gasteiger partial charge in [0.15, 0.2) is 0 Å². The van der Waals surface area contributed by atoms with Crippen molar-refractivity contribution in [3.63, 3.8) is 0 Å². The van der Waals surface area contributed by atoms with Crippen LogP contribution in [0.5, 0.6) is 0 Å². The standard InChI is InChI=1S/C12H22N2S/c13-9-12(14-3-5-15-6-4-14)8-10-1-2-11(12)7-10/h10-11H,1-9,13H2. The lowest BCUT2D eigenvalue weighted by molar-refractivity contribution is 0.0507. The Morgan fingerprint density at radius 1 is 1.27 bits per heavy atom. The topological polar surface area (TPSA) is 29.3 Å². The molecule has 2 bridgehead atoms. The van der Waals surface area contributed by atoms with Gasteiger partial charge < -0.3 is 5.73 Å². The normalized spacial score (nSPS) is 46.2. The van der Waals surface area contributed by atoms with Crippen LogP contribution in [0.2, 0.25) is 0 Å². The van der Waals surface area contributed by atoms with Gasteiger partial charge in [-0.15, -0.1) is 0 Å². The van der Waals surface area contributed by atoms with E-state index in [2.05, 4.69) is 16.7 Å². The van der Waals surface area contributed by atoms with Gasteiger partial charge in [0, 0.05) is 36.7 Å². The molecule has 3 aliphatic rings. The first kappa shape index (κ1) is 10.4. The summed E-state index contributed by atoms with van der Waals surface area (Å²) in [5.74, 6) is 4.57. The maximum Gasteiger partial charge on any atom is 0.0363 e. The van der Waals surface area contributed by atoms with Gasteiger partial charge in [-0.1, -0.05) is 6.42 Å². The fraction of sp³-hybridized carbons (Fsp3) is 1.00. The maximum atomic E-state index is 6.14. The second-order valence-corrected chi connectivity index (χ2v) is 6.71. The van der Waals surface area contributed by atoms with Crippen LogP contribution >= 0.6 is 11.8 Å². The fourth-order valence-electron chi connectivity index (χ4n) is 4.19. The maximum absolute atomic E-state index is 6.14. The number of rotatable bonds is 2. The predicted octanol–water partition coefficient (Wildman–Crippen LogP) is 1.55. The first-order valence-electron chi connectivity index (χ1n) is 6.38. The minimum atomic E-state index is 0.421. The van der Waals surface area contributed by atoms with Crippen molar-refractivity contribution in [2.24, 2.45) is 17.6 Å². The van der Waals surface area contributed by atoms with E-state index in [0.29, 0.717) is 5.54 Å². The van der Waals surface area contributed by atoms with Gasteiger partial charge in [0.2, 0.25) is 0 Å². The molecule has 0 amide bonds. The highest BCUT2D eigenvalue weighted by atomic mass is 32.2. The lowest BCUT2D eigenvalue weighted by atomic mass is 9.79. The molecule has 3 atom stereocenters. The molecule has 2 saturated carbocycles. The molecule has 3 rings (SSSR count). The summed E-state index contributed by atoms with van der Waals surface area (Å²) in [5, 5.41) is 0. The highest BCUT2D eigenvalue weighted by Crippen LogP contribution is 2.53. The molecule has 3 heteroatoms. The third-order valence-corrected chi connectivity index (χ3v) is 5.88. The highest BCUT2D eigenvalue weighted by molar-refractivity contribution is 7.99. The van der Waals surface area contributed by atoms with Gasteiger partial charge >= 0.3 is 0 Å². The first-order chi connectivity index (χ1) is 7.35. The van der Waals surface area contributed by atoms with Gasteiger partial charge in [-0.25, -0.2) is 0 Å². The van der Waals surface area contributed by atoms with E-state index >= 15 is 0 Å². The Labute approximate surface area is 97.0 Å². The summed E-state index contributed by atoms with van der Waals surface area (Å²) in [7, 11) is 0. The number of thioether (sulfide) groups is 1. The lowest BCUT2D eigenvalue weighted by Gasteiger charge is -2.48. The van der Waals surface area contributed by atoms with E-state index in [0.717, 1.165) is 18.4 Å². The SMILES string of the molecule is NCC1(N2CCSCC2)CC2CCC1C2. The molecule has 0 aromatic heterocycles. The highest BCUT2D eigenvalue weighted by Gasteiger charge is 2.53. The van der Waals surface area contributed by atoms with E-state index in [1.54, 1.807) is 0 Å². The number of fused-ring (bicyclic) bond motifs is 2. The Balaban J connectivity index is 1.79. The quantitative estimate of drug-likeness (QED) is 0.775. The molecule has 3 unspecified atom stereocenters. The zero-order valence-electron chi connectivity index (χ0n) is 9.45. The second-order valence-electron chi connectivity index (χ2n) is 5.49. The summed E-state index contributed by atoms with van der Waals surface area (Å²) in [6.07, 6.45) is 5.81. The van der Waals surface area contributed by atoms with Crippen LogP contribution in [-0.4, -0.2) is 41.6 Å². The van der Waals surface area contributed by atoms with Gasteiger partial charge in [0.1, 0.15) is 0 Å². The molecule has 0 radical (unpaired) electrons. The number of nitrogens with zero attached hydrogens (tertiary/aromatic N) is 1. The van der Waals surface area contributed by atoms with Crippen molar-refractivity contribution >= 4 is 11.8 Å². The van der Waals surface area contributed by atoms with E-state index in [1.807, 2.05) is 0 Å². The van der Waals surface area contributed by atoms with E-state index in [9.17, 15) is 0 Å². The summed E-state index contributed by atoms with van der Waals surface area (Å²) in [6, 6.07) is 0. The van der Waals surface area contributed by atoms with Crippen LogP contribution in [0.1, 0.15) is 25.7 Å². The van der Waals surface area contributed by atoms with Gasteiger partial charge in [0.05, 0.1) is 0 Å². The first-order valence-corrected chi connectivity index (χ1v) is 7.53. The molecule has 2 aliphatic carbocycles. The number of hydrogen-bond acceptors (Lipinski definition) is 3. The van der Waals surface area contributed by atoms with Crippen LogP contribution in [0.15, 0.2) is 0 Å². The van der Waals surface area contributed by atoms with Crippen molar-refractivity contribution in [1.82, 2.24) is 4.90 Å². The van der Waals surface area contributed by atoms with E-state index < -0.39 is 0 Å². The fourth-order valence-corrected chi connectivity index (χ4v) is 5.09. The minimum absolute atomic E-state index is 0.421. The third-order valence-electron chi connectivity index (χ3n) is 4.94. The minimum Gasteiger partial charge on any atom is -0.329 e. The Hall–Kier alpha value is 0.270. The molecule has 1 heterocycles. The molecule has 1 saturated heterocycles. The zero-order valence-corrected chi connectivity index (χ0v) is 10.3. The Morgan fingerprint density at radius 2 is 2.07 bits per heavy atom. The van der Waals surface area contributed by atoms with Crippen molar-refractivity contribution in [2.45, 2.75) is 31.2 Å². The molecule has 15 heavy (non-hydrogen) atoms. The number of nitrogens with two attached hydrogens (primary N) is 1. The molecule has 0 aromatic rings. The largest absolute Gasteiger partial charge is 0.329 e. The molecule has 2 nitrogen and oxygen atoms in total. The predicted molar refractivity (Wildman–Crippen MR) is 66.1 cm³/mol. The number of hydrogen-bond donors (Lipinski definition) is 1. The van der Waals surface area contributed by atoms with E-state index in [1.165, 1.54) is 50.3 Å². The van der Waals surface area contributed by atoms with E-state index in [4.69, 9.17) is 5.73 Å². The summed E-state index contributed by atoms with van der Waals surface area (Å²) >= 11 is 2.10. The van der Waals surface area contributed by atoms with Crippen LogP contribution in [0.25, 0.3) is 0 Å². The van der Waals surface area contributed by atoms with Gasteiger partial charge in [0.25, 0.3) is 0 Å². The third kappa shape index (κ3) is 1.55. The van der Waals surface area contributed by atoms with Gasteiger partial charge in [-0.2, -0.15) is 11.8 Å². The zero-order chi connectivity index (χ0) is 10.3. The van der Waals surface area contributed by atoms with Crippen molar-refractivity contribution in [3.8, 4) is 0 Å². The molecule has 2 N–H and O–H groups in total. The van der Waals surface area contributed by atoms with Crippen LogP contribution in [0.3, 0.4) is 0 Å². The molecule has 0 spiro atoms. The molecule has 3 fully saturated rings. The van der Waals surface area contributed by atoms with Gasteiger partial charge in [-0.3, -0.25) is 4.90 Å². The molecule has 1 aliphatic heterocycles. The molecule has 0 aromatic carbocycles. The van der Waals surface area contributed by atoms with E-state index in [-0.39, 0.29) is 0 Å². The Kier molecular flexibility index (Phi) is 2.74. The molecular formula is C12H22N2S.